The molecule has 0 aliphatic rings. The van der Waals surface area contributed by atoms with Crippen molar-refractivity contribution in [2.45, 2.75) is 39.5 Å². The second-order valence-electron chi connectivity index (χ2n) is 4.85. The average molecular weight is 233 g/mol. The maximum absolute atomic E-state index is 12.0. The first kappa shape index (κ1) is 13.8. The Balaban J connectivity index is 2.53. The Labute approximate surface area is 104 Å². The summed E-state index contributed by atoms with van der Waals surface area (Å²) in [6.45, 7) is 7.17. The fourth-order valence-corrected chi connectivity index (χ4v) is 1.87. The fraction of sp³-hybridized carbons (Fsp3) is 0.533. The third-order valence-corrected chi connectivity index (χ3v) is 2.95. The van der Waals surface area contributed by atoms with Gasteiger partial charge < -0.3 is 5.32 Å². The van der Waals surface area contributed by atoms with Gasteiger partial charge in [-0.05, 0) is 24.3 Å². The molecule has 1 N–H and O–H groups in total. The molecule has 94 valence electrons. The lowest BCUT2D eigenvalue weighted by atomic mass is 9.95. The summed E-state index contributed by atoms with van der Waals surface area (Å²) in [7, 11) is 0. The fourth-order valence-electron chi connectivity index (χ4n) is 1.87. The van der Waals surface area contributed by atoms with Gasteiger partial charge in [0.1, 0.15) is 0 Å². The summed E-state index contributed by atoms with van der Waals surface area (Å²) in [4.78, 5) is 12.0. The van der Waals surface area contributed by atoms with E-state index in [-0.39, 0.29) is 11.8 Å². The molecule has 17 heavy (non-hydrogen) atoms. The molecule has 2 nitrogen and oxygen atoms in total. The molecule has 1 atom stereocenters. The lowest BCUT2D eigenvalue weighted by Crippen LogP contribution is -2.30. The van der Waals surface area contributed by atoms with Gasteiger partial charge >= 0.3 is 0 Å². The van der Waals surface area contributed by atoms with Crippen molar-refractivity contribution in [2.24, 2.45) is 5.92 Å². The van der Waals surface area contributed by atoms with Crippen molar-refractivity contribution in [2.75, 3.05) is 6.54 Å². The predicted octanol–water partition coefficient (Wildman–Crippen LogP) is 3.34. The highest BCUT2D eigenvalue weighted by Crippen LogP contribution is 2.19. The van der Waals surface area contributed by atoms with Gasteiger partial charge in [0.2, 0.25) is 5.91 Å². The molecule has 1 rings (SSSR count). The van der Waals surface area contributed by atoms with Crippen LogP contribution in [0.5, 0.6) is 0 Å². The van der Waals surface area contributed by atoms with Gasteiger partial charge in [-0.1, -0.05) is 51.1 Å². The molecule has 0 bridgehead atoms. The normalized spacial score (nSPS) is 12.5. The van der Waals surface area contributed by atoms with Crippen molar-refractivity contribution in [1.82, 2.24) is 5.32 Å². The van der Waals surface area contributed by atoms with E-state index in [1.54, 1.807) is 0 Å². The van der Waals surface area contributed by atoms with Gasteiger partial charge in [-0.3, -0.25) is 4.79 Å². The first-order valence-corrected chi connectivity index (χ1v) is 6.47. The summed E-state index contributed by atoms with van der Waals surface area (Å²) in [6.07, 6.45) is 1.88. The van der Waals surface area contributed by atoms with Crippen LogP contribution in [0.2, 0.25) is 0 Å². The van der Waals surface area contributed by atoms with Crippen molar-refractivity contribution in [3.8, 4) is 0 Å². The Morgan fingerprint density at radius 2 is 1.88 bits per heavy atom. The van der Waals surface area contributed by atoms with E-state index in [2.05, 4.69) is 26.1 Å². The van der Waals surface area contributed by atoms with Crippen LogP contribution in [0.15, 0.2) is 30.3 Å². The van der Waals surface area contributed by atoms with Gasteiger partial charge in [0.15, 0.2) is 0 Å². The molecule has 0 heterocycles. The van der Waals surface area contributed by atoms with Crippen LogP contribution in [0.1, 0.15) is 45.1 Å². The van der Waals surface area contributed by atoms with Gasteiger partial charge in [-0.25, -0.2) is 0 Å². The van der Waals surface area contributed by atoms with Crippen LogP contribution < -0.4 is 5.32 Å². The van der Waals surface area contributed by atoms with Crippen LogP contribution in [0.3, 0.4) is 0 Å². The van der Waals surface area contributed by atoms with Crippen LogP contribution in [-0.2, 0) is 4.79 Å². The van der Waals surface area contributed by atoms with Gasteiger partial charge in [-0.2, -0.15) is 0 Å². The molecule has 1 aromatic carbocycles. The highest BCUT2D eigenvalue weighted by Gasteiger charge is 2.17. The standard InChI is InChI=1S/C15H23NO/c1-4-14(13-8-6-5-7-9-13)15(17)16-11-10-12(2)3/h5-9,12,14H,4,10-11H2,1-3H3,(H,16,17)/t14-/m0/s1. The van der Waals surface area contributed by atoms with Crippen molar-refractivity contribution in [1.29, 1.82) is 0 Å². The quantitative estimate of drug-likeness (QED) is 0.802. The van der Waals surface area contributed by atoms with Crippen LogP contribution in [0.4, 0.5) is 0 Å². The third-order valence-electron chi connectivity index (χ3n) is 2.95. The van der Waals surface area contributed by atoms with Crippen molar-refractivity contribution < 1.29 is 4.79 Å². The minimum absolute atomic E-state index is 0.0108. The SMILES string of the molecule is CC[C@H](C(=O)NCCC(C)C)c1ccccc1. The van der Waals surface area contributed by atoms with E-state index in [4.69, 9.17) is 0 Å². The van der Waals surface area contributed by atoms with E-state index in [0.29, 0.717) is 5.92 Å². The molecule has 0 saturated carbocycles. The minimum atomic E-state index is -0.0108. The summed E-state index contributed by atoms with van der Waals surface area (Å²) in [5.41, 5.74) is 1.11. The lowest BCUT2D eigenvalue weighted by molar-refractivity contribution is -0.122. The highest BCUT2D eigenvalue weighted by atomic mass is 16.1. The Morgan fingerprint density at radius 1 is 1.24 bits per heavy atom. The second kappa shape index (κ2) is 7.10. The highest BCUT2D eigenvalue weighted by molar-refractivity contribution is 5.83. The van der Waals surface area contributed by atoms with Crippen LogP contribution in [0.25, 0.3) is 0 Å². The number of benzene rings is 1. The van der Waals surface area contributed by atoms with Crippen molar-refractivity contribution in [3.63, 3.8) is 0 Å². The average Bonchev–Trinajstić information content (AvgIpc) is 2.31. The topological polar surface area (TPSA) is 29.1 Å². The van der Waals surface area contributed by atoms with Gasteiger partial charge in [0, 0.05) is 6.54 Å². The Morgan fingerprint density at radius 3 is 2.41 bits per heavy atom. The number of hydrogen-bond donors (Lipinski definition) is 1. The van der Waals surface area contributed by atoms with Crippen molar-refractivity contribution in [3.05, 3.63) is 35.9 Å². The number of carbonyl (C=O) groups is 1. The van der Waals surface area contributed by atoms with Crippen molar-refractivity contribution >= 4 is 5.91 Å². The predicted molar refractivity (Wildman–Crippen MR) is 71.9 cm³/mol. The summed E-state index contributed by atoms with van der Waals surface area (Å²) in [5.74, 6) is 0.773. The minimum Gasteiger partial charge on any atom is -0.356 e. The molecule has 1 amide bonds. The van der Waals surface area contributed by atoms with E-state index in [9.17, 15) is 4.79 Å². The molecule has 0 aromatic heterocycles. The zero-order valence-electron chi connectivity index (χ0n) is 11.1. The number of amides is 1. The third kappa shape index (κ3) is 4.59. The summed E-state index contributed by atoms with van der Waals surface area (Å²) < 4.78 is 0. The first-order chi connectivity index (χ1) is 8.15. The molecule has 0 radical (unpaired) electrons. The van der Waals surface area contributed by atoms with E-state index < -0.39 is 0 Å². The zero-order chi connectivity index (χ0) is 12.7. The second-order valence-corrected chi connectivity index (χ2v) is 4.85. The van der Waals surface area contributed by atoms with Gasteiger partial charge in [0.25, 0.3) is 0 Å². The molecule has 0 spiro atoms. The Kier molecular flexibility index (Phi) is 5.75. The monoisotopic (exact) mass is 233 g/mol. The van der Waals surface area contributed by atoms with Gasteiger partial charge in [-0.15, -0.1) is 0 Å². The van der Waals surface area contributed by atoms with E-state index in [0.717, 1.165) is 24.9 Å². The number of hydrogen-bond acceptors (Lipinski definition) is 1. The summed E-state index contributed by atoms with van der Waals surface area (Å²) in [5, 5.41) is 3.02. The summed E-state index contributed by atoms with van der Waals surface area (Å²) in [6, 6.07) is 10.00. The molecule has 1 aromatic rings. The van der Waals surface area contributed by atoms with Crippen LogP contribution >= 0.6 is 0 Å². The molecule has 0 fully saturated rings. The molecular weight excluding hydrogens is 210 g/mol. The molecule has 0 aliphatic carbocycles. The molecule has 2 heteroatoms. The van der Waals surface area contributed by atoms with Crippen LogP contribution in [-0.4, -0.2) is 12.5 Å². The molecule has 0 aliphatic heterocycles. The Hall–Kier alpha value is -1.31. The summed E-state index contributed by atoms with van der Waals surface area (Å²) >= 11 is 0. The van der Waals surface area contributed by atoms with E-state index in [1.165, 1.54) is 0 Å². The Bertz CT molecular complexity index is 332. The maximum Gasteiger partial charge on any atom is 0.227 e. The number of rotatable bonds is 6. The smallest absolute Gasteiger partial charge is 0.227 e. The van der Waals surface area contributed by atoms with E-state index >= 15 is 0 Å². The molecule has 0 unspecified atom stereocenters. The van der Waals surface area contributed by atoms with Crippen LogP contribution in [0, 0.1) is 5.92 Å². The first-order valence-electron chi connectivity index (χ1n) is 6.47. The zero-order valence-corrected chi connectivity index (χ0v) is 11.1. The van der Waals surface area contributed by atoms with E-state index in [1.807, 2.05) is 30.3 Å². The number of carbonyl (C=O) groups excluding carboxylic acids is 1. The maximum atomic E-state index is 12.0. The number of nitrogens with one attached hydrogen (secondary N) is 1. The molecular formula is C15H23NO. The van der Waals surface area contributed by atoms with Gasteiger partial charge in [0.05, 0.1) is 5.92 Å². The lowest BCUT2D eigenvalue weighted by Gasteiger charge is -2.15. The largest absolute Gasteiger partial charge is 0.356 e. The molecule has 0 saturated heterocycles.